The molecule has 0 saturated carbocycles. The van der Waals surface area contributed by atoms with Gasteiger partial charge in [-0.05, 0) is 46.1 Å². The monoisotopic (exact) mass is 599 g/mol. The normalized spacial score (nSPS) is 12.3. The van der Waals surface area contributed by atoms with E-state index in [1.165, 1.54) is 6.42 Å². The number of nitrogens with one attached hydrogen (secondary N) is 4. The van der Waals surface area contributed by atoms with E-state index in [1.807, 2.05) is 11.9 Å². The third-order valence-electron chi connectivity index (χ3n) is 7.41. The first-order chi connectivity index (χ1) is 20.5. The molecule has 42 heavy (non-hydrogen) atoms. The van der Waals surface area contributed by atoms with Crippen molar-refractivity contribution >= 4 is 7.98 Å². The Balaban J connectivity index is 4.95. The van der Waals surface area contributed by atoms with Gasteiger partial charge in [0.1, 0.15) is 0 Å². The highest BCUT2D eigenvalue weighted by Gasteiger charge is 2.13. The molecule has 0 aromatic carbocycles. The van der Waals surface area contributed by atoms with Gasteiger partial charge in [0.15, 0.2) is 7.98 Å². The molecule has 0 aliphatic carbocycles. The lowest BCUT2D eigenvalue weighted by Gasteiger charge is -2.31. The van der Waals surface area contributed by atoms with Crippen LogP contribution in [0, 0.1) is 0 Å². The second-order valence-corrected chi connectivity index (χ2v) is 11.1. The summed E-state index contributed by atoms with van der Waals surface area (Å²) in [6.07, 6.45) is 2.33. The van der Waals surface area contributed by atoms with Crippen LogP contribution >= 0.6 is 0 Å². The SMILES string of the molecule is [B]N(CCNCCC)CCN(CCN(CCN)CCN)CCN(CCNCCN)CCNCCN(CCC)CCNC. The Kier molecular flexibility index (Phi) is 31.7. The molecule has 0 unspecified atom stereocenters. The molecule has 0 fully saturated rings. The van der Waals surface area contributed by atoms with Crippen LogP contribution in [0.3, 0.4) is 0 Å². The first-order valence-electron chi connectivity index (χ1n) is 16.8. The highest BCUT2D eigenvalue weighted by Crippen LogP contribution is 1.97. The lowest BCUT2D eigenvalue weighted by atomic mass is 10.2. The van der Waals surface area contributed by atoms with E-state index in [-0.39, 0.29) is 0 Å². The summed E-state index contributed by atoms with van der Waals surface area (Å²) >= 11 is 0. The van der Waals surface area contributed by atoms with Crippen molar-refractivity contribution in [1.29, 1.82) is 0 Å². The van der Waals surface area contributed by atoms with Gasteiger partial charge in [-0.15, -0.1) is 0 Å². The molecule has 0 rings (SSSR count). The van der Waals surface area contributed by atoms with Gasteiger partial charge in [0, 0.05) is 131 Å². The molecule has 0 aromatic heterocycles. The zero-order valence-corrected chi connectivity index (χ0v) is 27.9. The molecule has 0 bridgehead atoms. The van der Waals surface area contributed by atoms with Gasteiger partial charge in [-0.2, -0.15) is 0 Å². The van der Waals surface area contributed by atoms with E-state index in [4.69, 9.17) is 25.2 Å². The number of nitrogens with zero attached hydrogens (tertiary/aromatic N) is 5. The van der Waals surface area contributed by atoms with Crippen LogP contribution in [0.4, 0.5) is 0 Å². The molecule has 0 aliphatic heterocycles. The molecule has 0 saturated heterocycles. The summed E-state index contributed by atoms with van der Waals surface area (Å²) in [6, 6.07) is 0. The Morgan fingerprint density at radius 2 is 0.857 bits per heavy atom. The average molecular weight is 599 g/mol. The summed E-state index contributed by atoms with van der Waals surface area (Å²) in [6.45, 7) is 27.0. The topological polar surface area (TPSA) is 142 Å². The summed E-state index contributed by atoms with van der Waals surface area (Å²) in [4.78, 5) is 12.0. The minimum absolute atomic E-state index is 0.656. The molecular formula is C29H71BN12. The molecule has 0 aromatic rings. The second kappa shape index (κ2) is 32.0. The third kappa shape index (κ3) is 26.0. The van der Waals surface area contributed by atoms with Gasteiger partial charge < -0.3 is 48.2 Å². The predicted octanol–water partition coefficient (Wildman–Crippen LogP) is -2.74. The largest absolute Gasteiger partial charge is 0.351 e. The lowest BCUT2D eigenvalue weighted by molar-refractivity contribution is 0.171. The first-order valence-corrected chi connectivity index (χ1v) is 16.8. The first kappa shape index (κ1) is 41.6. The molecule has 12 nitrogen and oxygen atoms in total. The zero-order valence-electron chi connectivity index (χ0n) is 27.9. The zero-order chi connectivity index (χ0) is 31.1. The maximum Gasteiger partial charge on any atom is 0.182 e. The van der Waals surface area contributed by atoms with Gasteiger partial charge in [-0.1, -0.05) is 13.8 Å². The highest BCUT2D eigenvalue weighted by atomic mass is 15.2. The van der Waals surface area contributed by atoms with Crippen LogP contribution in [0.25, 0.3) is 0 Å². The van der Waals surface area contributed by atoms with Gasteiger partial charge in [0.05, 0.1) is 0 Å². The lowest BCUT2D eigenvalue weighted by Crippen LogP contribution is -2.46. The van der Waals surface area contributed by atoms with E-state index in [9.17, 15) is 0 Å². The Labute approximate surface area is 261 Å². The molecule has 0 atom stereocenters. The van der Waals surface area contributed by atoms with Crippen molar-refractivity contribution in [3.8, 4) is 0 Å². The maximum atomic E-state index is 6.35. The van der Waals surface area contributed by atoms with Crippen LogP contribution in [-0.4, -0.2) is 197 Å². The van der Waals surface area contributed by atoms with Crippen molar-refractivity contribution in [2.45, 2.75) is 26.7 Å². The average Bonchev–Trinajstić information content (AvgIpc) is 2.99. The van der Waals surface area contributed by atoms with E-state index >= 15 is 0 Å². The molecule has 2 radical (unpaired) electrons. The van der Waals surface area contributed by atoms with Crippen molar-refractivity contribution in [3.63, 3.8) is 0 Å². The van der Waals surface area contributed by atoms with Crippen molar-refractivity contribution in [3.05, 3.63) is 0 Å². The quantitative estimate of drug-likeness (QED) is 0.0305. The molecule has 0 aliphatic rings. The van der Waals surface area contributed by atoms with Crippen molar-refractivity contribution in [1.82, 2.24) is 45.7 Å². The fourth-order valence-electron chi connectivity index (χ4n) is 4.83. The number of likely N-dealkylation sites (N-methyl/N-ethyl adjacent to an activating group) is 1. The van der Waals surface area contributed by atoms with Crippen molar-refractivity contribution < 1.29 is 0 Å². The van der Waals surface area contributed by atoms with E-state index in [0.29, 0.717) is 19.6 Å². The van der Waals surface area contributed by atoms with Gasteiger partial charge in [-0.3, -0.25) is 14.7 Å². The standard InChI is InChI=1S/C29H71BN12/c1-4-9-35-15-23-42(30)29-28-41(26-24-39(17-7-32)18-8-33)27-25-40(21-12-36-10-6-31)22-14-37-13-20-38(16-5-2)19-11-34-3/h34-37H,4-29,31-33H2,1-3H3. The van der Waals surface area contributed by atoms with Crippen LogP contribution in [0.1, 0.15) is 26.7 Å². The van der Waals surface area contributed by atoms with Crippen LogP contribution in [0.2, 0.25) is 0 Å². The smallest absolute Gasteiger partial charge is 0.182 e. The van der Waals surface area contributed by atoms with Crippen LogP contribution in [0.5, 0.6) is 0 Å². The summed E-state index contributed by atoms with van der Waals surface area (Å²) in [5.41, 5.74) is 17.4. The minimum atomic E-state index is 0.656. The summed E-state index contributed by atoms with van der Waals surface area (Å²) in [5, 5.41) is 13.9. The van der Waals surface area contributed by atoms with Gasteiger partial charge in [0.25, 0.3) is 0 Å². The molecule has 13 heteroatoms. The number of rotatable bonds is 34. The molecular weight excluding hydrogens is 527 g/mol. The van der Waals surface area contributed by atoms with Crippen LogP contribution in [-0.2, 0) is 0 Å². The molecule has 10 N–H and O–H groups in total. The molecule has 250 valence electrons. The minimum Gasteiger partial charge on any atom is -0.351 e. The second-order valence-electron chi connectivity index (χ2n) is 11.1. The molecule has 0 amide bonds. The Morgan fingerprint density at radius 3 is 1.36 bits per heavy atom. The highest BCUT2D eigenvalue weighted by molar-refractivity contribution is 6.04. The molecule has 0 heterocycles. The van der Waals surface area contributed by atoms with Crippen molar-refractivity contribution in [2.75, 3.05) is 164 Å². The Morgan fingerprint density at radius 1 is 0.429 bits per heavy atom. The predicted molar refractivity (Wildman–Crippen MR) is 183 cm³/mol. The van der Waals surface area contributed by atoms with E-state index < -0.39 is 0 Å². The Hall–Kier alpha value is -0.415. The van der Waals surface area contributed by atoms with E-state index in [2.05, 4.69) is 54.7 Å². The Bertz CT molecular complexity index is 531. The van der Waals surface area contributed by atoms with Crippen LogP contribution < -0.4 is 38.5 Å². The third-order valence-corrected chi connectivity index (χ3v) is 7.41. The number of nitrogens with two attached hydrogens (primary N) is 3. The van der Waals surface area contributed by atoms with Crippen LogP contribution in [0.15, 0.2) is 0 Å². The summed E-state index contributed by atoms with van der Waals surface area (Å²) in [7, 11) is 8.37. The van der Waals surface area contributed by atoms with Gasteiger partial charge in [-0.25, -0.2) is 0 Å². The maximum absolute atomic E-state index is 6.35. The fraction of sp³-hybridized carbons (Fsp3) is 1.00. The number of hydrogen-bond donors (Lipinski definition) is 7. The summed E-state index contributed by atoms with van der Waals surface area (Å²) < 4.78 is 0. The van der Waals surface area contributed by atoms with Crippen molar-refractivity contribution in [2.24, 2.45) is 17.2 Å². The van der Waals surface area contributed by atoms with Gasteiger partial charge in [0.2, 0.25) is 0 Å². The van der Waals surface area contributed by atoms with E-state index in [0.717, 1.165) is 144 Å². The van der Waals surface area contributed by atoms with Gasteiger partial charge >= 0.3 is 0 Å². The number of hydrogen-bond acceptors (Lipinski definition) is 12. The fourth-order valence-corrected chi connectivity index (χ4v) is 4.83. The summed E-state index contributed by atoms with van der Waals surface area (Å²) in [5.74, 6) is 0. The van der Waals surface area contributed by atoms with E-state index in [1.54, 1.807) is 0 Å². The molecule has 0 spiro atoms.